The summed E-state index contributed by atoms with van der Waals surface area (Å²) in [5.74, 6) is 0.431. The predicted molar refractivity (Wildman–Crippen MR) is 69.1 cm³/mol. The average molecular weight is 244 g/mol. The normalized spacial score (nSPS) is 10.0. The zero-order chi connectivity index (χ0) is 13.0. The number of nitrogens with one attached hydrogen (secondary N) is 1. The van der Waals surface area contributed by atoms with Gasteiger partial charge in [-0.1, -0.05) is 30.3 Å². The summed E-state index contributed by atoms with van der Waals surface area (Å²) in [7, 11) is 0. The van der Waals surface area contributed by atoms with E-state index in [4.69, 9.17) is 5.73 Å². The standard InChI is InChI=1S/C12H12N4O2/c13-11-7-6-10(16(17)18)12(15-11)14-8-9-4-2-1-3-5-9/h1-7H,8H2,(H3,13,14,15). The van der Waals surface area contributed by atoms with Crippen LogP contribution in [0, 0.1) is 10.1 Å². The monoisotopic (exact) mass is 244 g/mol. The highest BCUT2D eigenvalue weighted by molar-refractivity contribution is 5.59. The fourth-order valence-electron chi connectivity index (χ4n) is 1.53. The molecule has 0 saturated heterocycles. The van der Waals surface area contributed by atoms with Gasteiger partial charge in [-0.15, -0.1) is 0 Å². The van der Waals surface area contributed by atoms with Gasteiger partial charge in [0.05, 0.1) is 4.92 Å². The molecule has 1 heterocycles. The van der Waals surface area contributed by atoms with E-state index in [-0.39, 0.29) is 17.3 Å². The molecule has 3 N–H and O–H groups in total. The summed E-state index contributed by atoms with van der Waals surface area (Å²) >= 11 is 0. The number of nitrogens with zero attached hydrogens (tertiary/aromatic N) is 2. The maximum Gasteiger partial charge on any atom is 0.311 e. The van der Waals surface area contributed by atoms with Crippen molar-refractivity contribution in [3.8, 4) is 0 Å². The third-order valence-electron chi connectivity index (χ3n) is 2.39. The van der Waals surface area contributed by atoms with E-state index in [9.17, 15) is 10.1 Å². The Labute approximate surface area is 104 Å². The summed E-state index contributed by atoms with van der Waals surface area (Å²) < 4.78 is 0. The molecule has 0 radical (unpaired) electrons. The molecule has 2 aromatic rings. The van der Waals surface area contributed by atoms with Gasteiger partial charge in [0.1, 0.15) is 5.82 Å². The molecule has 0 aliphatic carbocycles. The first-order valence-electron chi connectivity index (χ1n) is 5.35. The molecule has 2 rings (SSSR count). The van der Waals surface area contributed by atoms with Gasteiger partial charge in [-0.05, 0) is 11.6 Å². The molecule has 0 saturated carbocycles. The Morgan fingerprint density at radius 1 is 1.22 bits per heavy atom. The Bertz CT molecular complexity index is 557. The van der Waals surface area contributed by atoms with Crippen LogP contribution in [-0.4, -0.2) is 9.91 Å². The largest absolute Gasteiger partial charge is 0.384 e. The van der Waals surface area contributed by atoms with Gasteiger partial charge in [0.2, 0.25) is 5.82 Å². The van der Waals surface area contributed by atoms with Gasteiger partial charge >= 0.3 is 5.69 Å². The molecule has 92 valence electrons. The first kappa shape index (κ1) is 11.8. The van der Waals surface area contributed by atoms with Crippen LogP contribution in [0.3, 0.4) is 0 Å². The highest BCUT2D eigenvalue weighted by atomic mass is 16.6. The third kappa shape index (κ3) is 2.73. The van der Waals surface area contributed by atoms with Crippen molar-refractivity contribution in [3.05, 3.63) is 58.1 Å². The second-order valence-corrected chi connectivity index (χ2v) is 3.70. The number of rotatable bonds is 4. The van der Waals surface area contributed by atoms with Crippen LogP contribution in [0.15, 0.2) is 42.5 Å². The third-order valence-corrected chi connectivity index (χ3v) is 2.39. The molecule has 18 heavy (non-hydrogen) atoms. The van der Waals surface area contributed by atoms with Gasteiger partial charge in [-0.2, -0.15) is 0 Å². The van der Waals surface area contributed by atoms with Gasteiger partial charge in [0.25, 0.3) is 0 Å². The summed E-state index contributed by atoms with van der Waals surface area (Å²) in [6, 6.07) is 12.3. The summed E-state index contributed by atoms with van der Waals surface area (Å²) in [6.45, 7) is 0.456. The lowest BCUT2D eigenvalue weighted by Gasteiger charge is -2.06. The van der Waals surface area contributed by atoms with Gasteiger partial charge in [0.15, 0.2) is 0 Å². The molecule has 0 unspecified atom stereocenters. The van der Waals surface area contributed by atoms with Crippen molar-refractivity contribution in [2.75, 3.05) is 11.1 Å². The number of nitrogens with two attached hydrogens (primary N) is 1. The molecule has 6 heteroatoms. The SMILES string of the molecule is Nc1ccc([N+](=O)[O-])c(NCc2ccccc2)n1. The second kappa shape index (κ2) is 5.13. The zero-order valence-electron chi connectivity index (χ0n) is 9.54. The van der Waals surface area contributed by atoms with Crippen molar-refractivity contribution in [1.29, 1.82) is 0 Å². The minimum Gasteiger partial charge on any atom is -0.384 e. The molecule has 6 nitrogen and oxygen atoms in total. The van der Waals surface area contributed by atoms with E-state index in [1.165, 1.54) is 12.1 Å². The fourth-order valence-corrected chi connectivity index (χ4v) is 1.53. The lowest BCUT2D eigenvalue weighted by Crippen LogP contribution is -2.06. The van der Waals surface area contributed by atoms with Crippen LogP contribution in [0.2, 0.25) is 0 Å². The Morgan fingerprint density at radius 2 is 1.94 bits per heavy atom. The summed E-state index contributed by atoms with van der Waals surface area (Å²) in [5, 5.41) is 13.7. The summed E-state index contributed by atoms with van der Waals surface area (Å²) in [6.07, 6.45) is 0. The molecule has 0 bridgehead atoms. The van der Waals surface area contributed by atoms with E-state index in [0.717, 1.165) is 5.56 Å². The number of anilines is 2. The van der Waals surface area contributed by atoms with Crippen molar-refractivity contribution in [3.63, 3.8) is 0 Å². The van der Waals surface area contributed by atoms with Crippen LogP contribution in [0.4, 0.5) is 17.3 Å². The lowest BCUT2D eigenvalue weighted by atomic mass is 10.2. The second-order valence-electron chi connectivity index (χ2n) is 3.70. The topological polar surface area (TPSA) is 94.1 Å². The Balaban J connectivity index is 2.18. The number of nitro groups is 1. The molecular formula is C12H12N4O2. The molecule has 0 spiro atoms. The highest BCUT2D eigenvalue weighted by Crippen LogP contribution is 2.23. The van der Waals surface area contributed by atoms with Crippen molar-refractivity contribution in [1.82, 2.24) is 4.98 Å². The Hall–Kier alpha value is -2.63. The van der Waals surface area contributed by atoms with E-state index in [1.807, 2.05) is 30.3 Å². The number of nitrogen functional groups attached to an aromatic ring is 1. The number of benzene rings is 1. The quantitative estimate of drug-likeness (QED) is 0.635. The Kier molecular flexibility index (Phi) is 3.38. The van der Waals surface area contributed by atoms with Crippen molar-refractivity contribution < 1.29 is 4.92 Å². The predicted octanol–water partition coefficient (Wildman–Crippen LogP) is 2.18. The van der Waals surface area contributed by atoms with E-state index < -0.39 is 4.92 Å². The highest BCUT2D eigenvalue weighted by Gasteiger charge is 2.14. The number of hydrogen-bond donors (Lipinski definition) is 2. The fraction of sp³-hybridized carbons (Fsp3) is 0.0833. The molecule has 0 fully saturated rings. The molecule has 0 amide bonds. The Morgan fingerprint density at radius 3 is 2.61 bits per heavy atom. The molecule has 1 aromatic heterocycles. The summed E-state index contributed by atoms with van der Waals surface area (Å²) in [5.41, 5.74) is 6.45. The van der Waals surface area contributed by atoms with Crippen molar-refractivity contribution in [2.45, 2.75) is 6.54 Å². The number of pyridine rings is 1. The van der Waals surface area contributed by atoms with Crippen LogP contribution in [-0.2, 0) is 6.54 Å². The van der Waals surface area contributed by atoms with Crippen molar-refractivity contribution >= 4 is 17.3 Å². The van der Waals surface area contributed by atoms with Crippen LogP contribution in [0.25, 0.3) is 0 Å². The van der Waals surface area contributed by atoms with Crippen molar-refractivity contribution in [2.24, 2.45) is 0 Å². The molecular weight excluding hydrogens is 232 g/mol. The molecule has 1 aromatic carbocycles. The first-order valence-corrected chi connectivity index (χ1v) is 5.35. The minimum atomic E-state index is -0.486. The molecule has 0 aliphatic heterocycles. The van der Waals surface area contributed by atoms with Gasteiger partial charge in [-0.25, -0.2) is 4.98 Å². The maximum atomic E-state index is 10.8. The average Bonchev–Trinajstić information content (AvgIpc) is 2.37. The van der Waals surface area contributed by atoms with Gasteiger partial charge in [-0.3, -0.25) is 10.1 Å². The van der Waals surface area contributed by atoms with E-state index in [1.54, 1.807) is 0 Å². The van der Waals surface area contributed by atoms with Gasteiger partial charge in [0, 0.05) is 12.6 Å². The minimum absolute atomic E-state index is 0.0832. The lowest BCUT2D eigenvalue weighted by molar-refractivity contribution is -0.384. The maximum absolute atomic E-state index is 10.8. The zero-order valence-corrected chi connectivity index (χ0v) is 9.54. The van der Waals surface area contributed by atoms with Crippen LogP contribution >= 0.6 is 0 Å². The van der Waals surface area contributed by atoms with E-state index in [0.29, 0.717) is 6.54 Å². The van der Waals surface area contributed by atoms with Gasteiger partial charge < -0.3 is 11.1 Å². The number of hydrogen-bond acceptors (Lipinski definition) is 5. The van der Waals surface area contributed by atoms with Crippen LogP contribution in [0.5, 0.6) is 0 Å². The van der Waals surface area contributed by atoms with Crippen LogP contribution in [0.1, 0.15) is 5.56 Å². The summed E-state index contributed by atoms with van der Waals surface area (Å²) in [4.78, 5) is 14.3. The smallest absolute Gasteiger partial charge is 0.311 e. The van der Waals surface area contributed by atoms with E-state index in [2.05, 4.69) is 10.3 Å². The first-order chi connectivity index (χ1) is 8.66. The molecule has 0 atom stereocenters. The van der Waals surface area contributed by atoms with E-state index >= 15 is 0 Å². The van der Waals surface area contributed by atoms with Crippen LogP contribution < -0.4 is 11.1 Å². The molecule has 0 aliphatic rings. The number of aromatic nitrogens is 1.